The number of halogens is 1. The maximum atomic E-state index is 11.0. The Labute approximate surface area is 130 Å². The third kappa shape index (κ3) is 2.02. The van der Waals surface area contributed by atoms with E-state index in [1.807, 2.05) is 4.57 Å². The van der Waals surface area contributed by atoms with Crippen LogP contribution in [0.3, 0.4) is 0 Å². The maximum absolute atomic E-state index is 11.0. The smallest absolute Gasteiger partial charge is 0.332 e. The van der Waals surface area contributed by atoms with Crippen LogP contribution in [0, 0.1) is 5.92 Å². The highest BCUT2D eigenvalue weighted by molar-refractivity contribution is 6.33. The molecule has 8 nitrogen and oxygen atoms in total. The number of carbonyl (C=O) groups is 1. The van der Waals surface area contributed by atoms with Gasteiger partial charge in [-0.3, -0.25) is 0 Å². The number of nitrogens with two attached hydrogens (primary N) is 1. The fourth-order valence-electron chi connectivity index (χ4n) is 3.57. The Morgan fingerprint density at radius 2 is 2.23 bits per heavy atom. The molecule has 22 heavy (non-hydrogen) atoms. The second-order valence-electron chi connectivity index (χ2n) is 5.82. The van der Waals surface area contributed by atoms with E-state index in [1.54, 1.807) is 6.33 Å². The number of imidazole rings is 1. The quantitative estimate of drug-likeness (QED) is 0.799. The van der Waals surface area contributed by atoms with Crippen molar-refractivity contribution in [3.8, 4) is 0 Å². The Kier molecular flexibility index (Phi) is 2.98. The molecule has 0 radical (unpaired) electrons. The summed E-state index contributed by atoms with van der Waals surface area (Å²) in [5.41, 5.74) is 6.79. The standard InChI is InChI=1S/C13H14ClN5O3/c14-10-9-11(18-13(15)17-10)19(4-16-9)6-1-5-2-8(12(20)21)22-7(5)3-6/h4-8H,1-3H2,(H,20,21)(H2,15,17,18)/t5-,6+,7-,8-/m0/s1. The van der Waals surface area contributed by atoms with E-state index in [2.05, 4.69) is 15.0 Å². The van der Waals surface area contributed by atoms with Crippen molar-refractivity contribution in [1.82, 2.24) is 19.5 Å². The van der Waals surface area contributed by atoms with Crippen LogP contribution >= 0.6 is 11.6 Å². The molecule has 2 aromatic rings. The second kappa shape index (κ2) is 4.79. The normalized spacial score (nSPS) is 30.8. The van der Waals surface area contributed by atoms with Crippen LogP contribution in [-0.4, -0.2) is 42.8 Å². The summed E-state index contributed by atoms with van der Waals surface area (Å²) in [6.45, 7) is 0. The zero-order valence-electron chi connectivity index (χ0n) is 11.5. The molecular weight excluding hydrogens is 310 g/mol. The summed E-state index contributed by atoms with van der Waals surface area (Å²) in [5, 5.41) is 9.27. The fourth-order valence-corrected chi connectivity index (χ4v) is 3.79. The van der Waals surface area contributed by atoms with Gasteiger partial charge in [-0.25, -0.2) is 9.78 Å². The Morgan fingerprint density at radius 3 is 2.95 bits per heavy atom. The summed E-state index contributed by atoms with van der Waals surface area (Å²) >= 11 is 6.04. The number of nitrogens with zero attached hydrogens (tertiary/aromatic N) is 4. The van der Waals surface area contributed by atoms with Gasteiger partial charge in [-0.2, -0.15) is 9.97 Å². The third-order valence-corrected chi connectivity index (χ3v) is 4.79. The molecule has 0 spiro atoms. The van der Waals surface area contributed by atoms with Gasteiger partial charge in [0.25, 0.3) is 0 Å². The van der Waals surface area contributed by atoms with Gasteiger partial charge in [0.15, 0.2) is 16.9 Å². The molecule has 1 saturated carbocycles. The predicted molar refractivity (Wildman–Crippen MR) is 77.4 cm³/mol. The van der Waals surface area contributed by atoms with Crippen LogP contribution in [0.25, 0.3) is 11.2 Å². The highest BCUT2D eigenvalue weighted by Gasteiger charge is 2.45. The number of hydrogen-bond acceptors (Lipinski definition) is 6. The Balaban J connectivity index is 1.62. The number of aliphatic carboxylic acids is 1. The van der Waals surface area contributed by atoms with Crippen molar-refractivity contribution in [2.45, 2.75) is 37.5 Å². The van der Waals surface area contributed by atoms with Crippen molar-refractivity contribution in [1.29, 1.82) is 0 Å². The minimum absolute atomic E-state index is 0.0294. The average Bonchev–Trinajstić information content (AvgIpc) is 3.08. The molecule has 3 heterocycles. The average molecular weight is 324 g/mol. The molecule has 2 aliphatic rings. The van der Waals surface area contributed by atoms with Crippen molar-refractivity contribution in [2.75, 3.05) is 5.73 Å². The van der Waals surface area contributed by atoms with Gasteiger partial charge in [-0.1, -0.05) is 11.6 Å². The van der Waals surface area contributed by atoms with Gasteiger partial charge in [0.05, 0.1) is 12.4 Å². The molecule has 9 heteroatoms. The zero-order chi connectivity index (χ0) is 15.4. The molecule has 2 aromatic heterocycles. The lowest BCUT2D eigenvalue weighted by atomic mass is 10.0. The number of fused-ring (bicyclic) bond motifs is 2. The Morgan fingerprint density at radius 1 is 1.41 bits per heavy atom. The number of ether oxygens (including phenoxy) is 1. The Bertz CT molecular complexity index is 749. The summed E-state index contributed by atoms with van der Waals surface area (Å²) < 4.78 is 7.56. The molecule has 1 aliphatic heterocycles. The van der Waals surface area contributed by atoms with Crippen LogP contribution in [0.15, 0.2) is 6.33 Å². The molecule has 4 rings (SSSR count). The van der Waals surface area contributed by atoms with Gasteiger partial charge < -0.3 is 20.1 Å². The molecule has 1 saturated heterocycles. The van der Waals surface area contributed by atoms with E-state index in [0.717, 1.165) is 12.8 Å². The molecule has 4 atom stereocenters. The SMILES string of the molecule is Nc1nc(Cl)c2ncn([C@@H]3C[C@H]4C[C@@H](C(=O)O)O[C@H]4C3)c2n1. The fraction of sp³-hybridized carbons (Fsp3) is 0.538. The van der Waals surface area contributed by atoms with Crippen molar-refractivity contribution < 1.29 is 14.6 Å². The minimum atomic E-state index is -0.883. The van der Waals surface area contributed by atoms with E-state index >= 15 is 0 Å². The van der Waals surface area contributed by atoms with Crippen molar-refractivity contribution in [3.05, 3.63) is 11.5 Å². The molecule has 0 aromatic carbocycles. The highest BCUT2D eigenvalue weighted by atomic mass is 35.5. The van der Waals surface area contributed by atoms with Crippen LogP contribution < -0.4 is 5.73 Å². The molecule has 0 bridgehead atoms. The molecular formula is C13H14ClN5O3. The first-order valence-corrected chi connectivity index (χ1v) is 7.44. The van der Waals surface area contributed by atoms with Gasteiger partial charge >= 0.3 is 5.97 Å². The first-order chi connectivity index (χ1) is 10.5. The monoisotopic (exact) mass is 323 g/mol. The molecule has 3 N–H and O–H groups in total. The topological polar surface area (TPSA) is 116 Å². The van der Waals surface area contributed by atoms with Crippen molar-refractivity contribution in [2.24, 2.45) is 5.92 Å². The highest BCUT2D eigenvalue weighted by Crippen LogP contribution is 2.45. The number of anilines is 1. The second-order valence-corrected chi connectivity index (χ2v) is 6.18. The van der Waals surface area contributed by atoms with E-state index in [0.29, 0.717) is 17.6 Å². The third-order valence-electron chi connectivity index (χ3n) is 4.53. The van der Waals surface area contributed by atoms with Gasteiger partial charge in [0.1, 0.15) is 5.52 Å². The van der Waals surface area contributed by atoms with Crippen LogP contribution in [0.5, 0.6) is 0 Å². The van der Waals surface area contributed by atoms with Gasteiger partial charge in [-0.05, 0) is 25.2 Å². The first-order valence-electron chi connectivity index (χ1n) is 7.06. The zero-order valence-corrected chi connectivity index (χ0v) is 12.3. The lowest BCUT2D eigenvalue weighted by Gasteiger charge is -2.15. The molecule has 0 unspecified atom stereocenters. The number of hydrogen-bond donors (Lipinski definition) is 2. The number of aromatic nitrogens is 4. The lowest BCUT2D eigenvalue weighted by molar-refractivity contribution is -0.149. The van der Waals surface area contributed by atoms with E-state index in [9.17, 15) is 4.79 Å². The van der Waals surface area contributed by atoms with E-state index in [-0.39, 0.29) is 29.2 Å². The van der Waals surface area contributed by atoms with Gasteiger partial charge in [0.2, 0.25) is 5.95 Å². The van der Waals surface area contributed by atoms with Crippen molar-refractivity contribution >= 4 is 34.7 Å². The van der Waals surface area contributed by atoms with Crippen LogP contribution in [0.2, 0.25) is 5.15 Å². The van der Waals surface area contributed by atoms with Crippen LogP contribution in [0.4, 0.5) is 5.95 Å². The number of carboxylic acids is 1. The predicted octanol–water partition coefficient (Wildman–Crippen LogP) is 1.26. The summed E-state index contributed by atoms with van der Waals surface area (Å²) in [6, 6.07) is 0.153. The van der Waals surface area contributed by atoms with E-state index in [1.165, 1.54) is 0 Å². The number of nitrogen functional groups attached to an aromatic ring is 1. The summed E-state index contributed by atoms with van der Waals surface area (Å²) in [4.78, 5) is 23.4. The van der Waals surface area contributed by atoms with Crippen LogP contribution in [-0.2, 0) is 9.53 Å². The summed E-state index contributed by atoms with van der Waals surface area (Å²) in [5.74, 6) is -0.524. The Hall–Kier alpha value is -1.93. The van der Waals surface area contributed by atoms with Gasteiger partial charge in [-0.15, -0.1) is 0 Å². The number of rotatable bonds is 2. The van der Waals surface area contributed by atoms with Crippen molar-refractivity contribution in [3.63, 3.8) is 0 Å². The maximum Gasteiger partial charge on any atom is 0.332 e. The molecule has 116 valence electrons. The first kappa shape index (κ1) is 13.7. The summed E-state index contributed by atoms with van der Waals surface area (Å²) in [6.07, 6.45) is 3.11. The molecule has 1 aliphatic carbocycles. The van der Waals surface area contributed by atoms with E-state index in [4.69, 9.17) is 27.2 Å². The van der Waals surface area contributed by atoms with Crippen LogP contribution in [0.1, 0.15) is 25.3 Å². The number of carboxylic acid groups (broad SMARTS) is 1. The summed E-state index contributed by atoms with van der Waals surface area (Å²) in [7, 11) is 0. The minimum Gasteiger partial charge on any atom is -0.479 e. The largest absolute Gasteiger partial charge is 0.479 e. The molecule has 0 amide bonds. The van der Waals surface area contributed by atoms with Gasteiger partial charge in [0, 0.05) is 6.04 Å². The van der Waals surface area contributed by atoms with E-state index < -0.39 is 12.1 Å². The lowest BCUT2D eigenvalue weighted by Crippen LogP contribution is -2.21. The molecule has 2 fully saturated rings.